The normalized spacial score (nSPS) is 10.7. The lowest BCUT2D eigenvalue weighted by Crippen LogP contribution is -2.32. The summed E-state index contributed by atoms with van der Waals surface area (Å²) in [6, 6.07) is 16.8. The van der Waals surface area contributed by atoms with Gasteiger partial charge in [-0.2, -0.15) is 0 Å². The third kappa shape index (κ3) is 3.13. The number of anilines is 1. The molecule has 0 fully saturated rings. The van der Waals surface area contributed by atoms with Crippen molar-refractivity contribution in [2.45, 2.75) is 13.8 Å². The maximum Gasteiger partial charge on any atom is 0.366 e. The molecule has 0 saturated carbocycles. The van der Waals surface area contributed by atoms with Crippen molar-refractivity contribution in [3.8, 4) is 11.1 Å². The first-order valence-electron chi connectivity index (χ1n) is 8.17. The summed E-state index contributed by atoms with van der Waals surface area (Å²) in [5.74, 6) is -0.264. The molecule has 5 heteroatoms. The molecule has 1 amide bonds. The van der Waals surface area contributed by atoms with E-state index in [2.05, 4.69) is 0 Å². The fourth-order valence-electron chi connectivity index (χ4n) is 2.94. The molecular weight excluding hydrogens is 316 g/mol. The van der Waals surface area contributed by atoms with E-state index in [4.69, 9.17) is 4.52 Å². The highest BCUT2D eigenvalue weighted by Crippen LogP contribution is 2.24. The second-order valence-electron chi connectivity index (χ2n) is 5.85. The Morgan fingerprint density at radius 2 is 1.84 bits per heavy atom. The largest absolute Gasteiger partial charge is 0.366 e. The highest BCUT2D eigenvalue weighted by molar-refractivity contribution is 6.08. The summed E-state index contributed by atoms with van der Waals surface area (Å²) in [5, 5.41) is 0. The molecule has 25 heavy (non-hydrogen) atoms. The number of carbonyl (C=O) groups is 1. The van der Waals surface area contributed by atoms with Crippen LogP contribution in [0.3, 0.4) is 0 Å². The summed E-state index contributed by atoms with van der Waals surface area (Å²) in [6.07, 6.45) is 0. The van der Waals surface area contributed by atoms with Gasteiger partial charge in [-0.15, -0.1) is 0 Å². The van der Waals surface area contributed by atoms with E-state index in [1.165, 1.54) is 4.74 Å². The topological polar surface area (TPSA) is 55.5 Å². The van der Waals surface area contributed by atoms with Crippen LogP contribution < -0.4 is 10.5 Å². The molecule has 0 bridgehead atoms. The minimum atomic E-state index is -0.516. The molecule has 128 valence electrons. The van der Waals surface area contributed by atoms with Crippen LogP contribution in [0.25, 0.3) is 11.1 Å². The van der Waals surface area contributed by atoms with Gasteiger partial charge in [0.2, 0.25) is 0 Å². The van der Waals surface area contributed by atoms with Crippen molar-refractivity contribution in [1.29, 1.82) is 0 Å². The maximum atomic E-state index is 13.2. The first-order valence-corrected chi connectivity index (χ1v) is 8.17. The van der Waals surface area contributed by atoms with Gasteiger partial charge in [-0.1, -0.05) is 42.5 Å². The van der Waals surface area contributed by atoms with Crippen molar-refractivity contribution in [1.82, 2.24) is 4.74 Å². The van der Waals surface area contributed by atoms with Gasteiger partial charge in [-0.25, -0.2) is 9.53 Å². The molecule has 0 aliphatic rings. The second-order valence-corrected chi connectivity index (χ2v) is 5.85. The summed E-state index contributed by atoms with van der Waals surface area (Å²) >= 11 is 0. The Bertz CT molecular complexity index is 955. The molecule has 2 aromatic carbocycles. The Labute approximate surface area is 146 Å². The van der Waals surface area contributed by atoms with E-state index < -0.39 is 5.63 Å². The SMILES string of the molecule is CCN(C(=O)c1c(-c2ccccc2)c(=O)on1C)c1cccc(C)c1. The maximum absolute atomic E-state index is 13.2. The molecule has 0 radical (unpaired) electrons. The summed E-state index contributed by atoms with van der Waals surface area (Å²) in [5.41, 5.74) is 2.55. The first kappa shape index (κ1) is 16.8. The van der Waals surface area contributed by atoms with Gasteiger partial charge in [0.25, 0.3) is 5.91 Å². The van der Waals surface area contributed by atoms with Gasteiger partial charge in [0.05, 0.1) is 0 Å². The van der Waals surface area contributed by atoms with E-state index in [1.54, 1.807) is 24.1 Å². The van der Waals surface area contributed by atoms with E-state index >= 15 is 0 Å². The Morgan fingerprint density at radius 1 is 1.12 bits per heavy atom. The quantitative estimate of drug-likeness (QED) is 0.731. The second kappa shape index (κ2) is 6.81. The van der Waals surface area contributed by atoms with Crippen LogP contribution in [0, 0.1) is 6.92 Å². The van der Waals surface area contributed by atoms with Crippen molar-refractivity contribution in [2.75, 3.05) is 11.4 Å². The molecule has 0 aliphatic heterocycles. The molecule has 0 N–H and O–H groups in total. The molecule has 1 aromatic heterocycles. The molecule has 0 atom stereocenters. The fraction of sp³-hybridized carbons (Fsp3) is 0.200. The number of amides is 1. The number of aromatic nitrogens is 1. The van der Waals surface area contributed by atoms with Crippen molar-refractivity contribution >= 4 is 11.6 Å². The monoisotopic (exact) mass is 336 g/mol. The zero-order chi connectivity index (χ0) is 18.0. The Balaban J connectivity index is 2.13. The van der Waals surface area contributed by atoms with Gasteiger partial charge < -0.3 is 9.42 Å². The van der Waals surface area contributed by atoms with Crippen LogP contribution in [0.5, 0.6) is 0 Å². The van der Waals surface area contributed by atoms with Crippen LogP contribution >= 0.6 is 0 Å². The van der Waals surface area contributed by atoms with E-state index in [0.717, 1.165) is 11.3 Å². The van der Waals surface area contributed by atoms with Crippen molar-refractivity contribution in [2.24, 2.45) is 7.05 Å². The summed E-state index contributed by atoms with van der Waals surface area (Å²) < 4.78 is 6.44. The van der Waals surface area contributed by atoms with Gasteiger partial charge in [0.15, 0.2) is 5.69 Å². The van der Waals surface area contributed by atoms with E-state index in [-0.39, 0.29) is 11.6 Å². The van der Waals surface area contributed by atoms with Gasteiger partial charge >= 0.3 is 5.63 Å². The van der Waals surface area contributed by atoms with Crippen molar-refractivity contribution in [3.63, 3.8) is 0 Å². The van der Waals surface area contributed by atoms with Crippen LogP contribution in [-0.4, -0.2) is 17.2 Å². The molecule has 5 nitrogen and oxygen atoms in total. The number of hydrogen-bond acceptors (Lipinski definition) is 3. The molecular formula is C20H20N2O3. The highest BCUT2D eigenvalue weighted by atomic mass is 16.5. The highest BCUT2D eigenvalue weighted by Gasteiger charge is 2.27. The third-order valence-electron chi connectivity index (χ3n) is 4.12. The van der Waals surface area contributed by atoms with Crippen LogP contribution in [0.15, 0.2) is 63.9 Å². The lowest BCUT2D eigenvalue weighted by Gasteiger charge is -2.21. The van der Waals surface area contributed by atoms with E-state index in [1.807, 2.05) is 56.3 Å². The average Bonchev–Trinajstić information content (AvgIpc) is 2.90. The summed E-state index contributed by atoms with van der Waals surface area (Å²) in [6.45, 7) is 4.36. The van der Waals surface area contributed by atoms with E-state index in [9.17, 15) is 9.59 Å². The molecule has 3 rings (SSSR count). The zero-order valence-electron chi connectivity index (χ0n) is 14.5. The molecule has 1 heterocycles. The molecule has 0 aliphatic carbocycles. The number of nitrogens with zero attached hydrogens (tertiary/aromatic N) is 2. The van der Waals surface area contributed by atoms with Gasteiger partial charge in [-0.05, 0) is 37.1 Å². The fourth-order valence-corrected chi connectivity index (χ4v) is 2.94. The minimum Gasteiger partial charge on any atom is -0.335 e. The van der Waals surface area contributed by atoms with Crippen LogP contribution in [0.1, 0.15) is 23.0 Å². The summed E-state index contributed by atoms with van der Waals surface area (Å²) in [4.78, 5) is 27.2. The number of hydrogen-bond donors (Lipinski definition) is 0. The zero-order valence-corrected chi connectivity index (χ0v) is 14.5. The Kier molecular flexibility index (Phi) is 4.57. The van der Waals surface area contributed by atoms with Crippen molar-refractivity contribution < 1.29 is 9.32 Å². The lowest BCUT2D eigenvalue weighted by molar-refractivity contribution is 0.0969. The number of benzene rings is 2. The smallest absolute Gasteiger partial charge is 0.335 e. The van der Waals surface area contributed by atoms with Crippen molar-refractivity contribution in [3.05, 3.63) is 76.3 Å². The van der Waals surface area contributed by atoms with Crippen LogP contribution in [0.4, 0.5) is 5.69 Å². The first-order chi connectivity index (χ1) is 12.0. The standard InChI is InChI=1S/C20H20N2O3/c1-4-22(16-12-8-9-14(2)13-16)19(23)18-17(20(24)25-21(18)3)15-10-6-5-7-11-15/h5-13H,4H2,1-3H3. The molecule has 0 saturated heterocycles. The van der Waals surface area contributed by atoms with E-state index in [0.29, 0.717) is 17.7 Å². The lowest BCUT2D eigenvalue weighted by atomic mass is 10.1. The van der Waals surface area contributed by atoms with Crippen LogP contribution in [-0.2, 0) is 7.05 Å². The Morgan fingerprint density at radius 3 is 2.48 bits per heavy atom. The number of aryl methyl sites for hydroxylation is 2. The molecule has 0 unspecified atom stereocenters. The van der Waals surface area contributed by atoms with Gasteiger partial charge in [-0.3, -0.25) is 4.79 Å². The molecule has 0 spiro atoms. The molecule has 3 aromatic rings. The predicted octanol–water partition coefficient (Wildman–Crippen LogP) is 3.62. The minimum absolute atomic E-state index is 0.250. The van der Waals surface area contributed by atoms with Gasteiger partial charge in [0.1, 0.15) is 5.56 Å². The number of carbonyl (C=O) groups excluding carboxylic acids is 1. The summed E-state index contributed by atoms with van der Waals surface area (Å²) in [7, 11) is 1.57. The Hall–Kier alpha value is -3.08. The third-order valence-corrected chi connectivity index (χ3v) is 4.12. The predicted molar refractivity (Wildman–Crippen MR) is 97.9 cm³/mol. The van der Waals surface area contributed by atoms with Gasteiger partial charge in [0, 0.05) is 19.3 Å². The number of rotatable bonds is 4. The average molecular weight is 336 g/mol. The van der Waals surface area contributed by atoms with Crippen LogP contribution in [0.2, 0.25) is 0 Å².